The van der Waals surface area contributed by atoms with Crippen LogP contribution in [0.5, 0.6) is 11.5 Å². The lowest BCUT2D eigenvalue weighted by molar-refractivity contribution is -0.116. The minimum Gasteiger partial charge on any atom is -0.493 e. The van der Waals surface area contributed by atoms with E-state index < -0.39 is 0 Å². The van der Waals surface area contributed by atoms with Crippen LogP contribution in [-0.4, -0.2) is 29.9 Å². The first-order valence-electron chi connectivity index (χ1n) is 8.46. The van der Waals surface area contributed by atoms with Gasteiger partial charge >= 0.3 is 0 Å². The maximum atomic E-state index is 12.1. The van der Waals surface area contributed by atoms with Crippen LogP contribution < -0.4 is 14.8 Å². The average molecular weight is 363 g/mol. The van der Waals surface area contributed by atoms with Crippen molar-refractivity contribution in [2.24, 2.45) is 0 Å². The van der Waals surface area contributed by atoms with Crippen molar-refractivity contribution in [3.05, 3.63) is 78.1 Å². The zero-order valence-corrected chi connectivity index (χ0v) is 15.3. The fraction of sp³-hybridized carbons (Fsp3) is 0.143. The van der Waals surface area contributed by atoms with E-state index in [0.29, 0.717) is 18.0 Å². The number of methoxy groups -OCH3 is 2. The lowest BCUT2D eigenvalue weighted by Crippen LogP contribution is -2.19. The molecule has 138 valence electrons. The lowest BCUT2D eigenvalue weighted by Gasteiger charge is -2.07. The van der Waals surface area contributed by atoms with Gasteiger partial charge in [0.25, 0.3) is 0 Å². The molecule has 3 aromatic rings. The van der Waals surface area contributed by atoms with Crippen LogP contribution in [-0.2, 0) is 11.3 Å². The summed E-state index contributed by atoms with van der Waals surface area (Å²) in [6, 6.07) is 15.3. The molecule has 0 saturated heterocycles. The van der Waals surface area contributed by atoms with Crippen molar-refractivity contribution in [2.45, 2.75) is 6.54 Å². The number of nitrogens with one attached hydrogen (secondary N) is 1. The van der Waals surface area contributed by atoms with Gasteiger partial charge in [-0.2, -0.15) is 5.10 Å². The van der Waals surface area contributed by atoms with Crippen LogP contribution in [0.3, 0.4) is 0 Å². The van der Waals surface area contributed by atoms with Gasteiger partial charge in [0, 0.05) is 24.4 Å². The van der Waals surface area contributed by atoms with Crippen molar-refractivity contribution in [3.8, 4) is 17.2 Å². The molecule has 0 bridgehead atoms. The van der Waals surface area contributed by atoms with Gasteiger partial charge < -0.3 is 14.8 Å². The number of carbonyl (C=O) groups is 1. The van der Waals surface area contributed by atoms with Gasteiger partial charge in [-0.05, 0) is 35.9 Å². The van der Waals surface area contributed by atoms with Gasteiger partial charge in [0.15, 0.2) is 11.5 Å². The smallest absolute Gasteiger partial charge is 0.244 e. The highest BCUT2D eigenvalue weighted by atomic mass is 16.5. The van der Waals surface area contributed by atoms with E-state index in [1.807, 2.05) is 48.7 Å². The van der Waals surface area contributed by atoms with Crippen molar-refractivity contribution in [2.75, 3.05) is 14.2 Å². The Morgan fingerprint density at radius 2 is 1.89 bits per heavy atom. The molecule has 6 nitrogen and oxygen atoms in total. The fourth-order valence-corrected chi connectivity index (χ4v) is 2.55. The Kier molecular flexibility index (Phi) is 5.89. The van der Waals surface area contributed by atoms with E-state index in [-0.39, 0.29) is 5.91 Å². The highest BCUT2D eigenvalue weighted by Gasteiger charge is 2.04. The second-order valence-electron chi connectivity index (χ2n) is 5.79. The SMILES string of the molecule is COc1ccc(/C=C/C(=O)NCc2cnn(-c3ccccc3)c2)cc1OC. The number of hydrogen-bond donors (Lipinski definition) is 1. The third-order valence-corrected chi connectivity index (χ3v) is 3.96. The van der Waals surface area contributed by atoms with E-state index in [0.717, 1.165) is 16.8 Å². The largest absolute Gasteiger partial charge is 0.493 e. The molecular weight excluding hydrogens is 342 g/mol. The molecule has 0 unspecified atom stereocenters. The van der Waals surface area contributed by atoms with E-state index in [2.05, 4.69) is 10.4 Å². The minimum absolute atomic E-state index is 0.183. The molecule has 6 heteroatoms. The van der Waals surface area contributed by atoms with Gasteiger partial charge in [0.05, 0.1) is 26.1 Å². The molecule has 0 radical (unpaired) electrons. The number of benzene rings is 2. The van der Waals surface area contributed by atoms with Gasteiger partial charge in [-0.25, -0.2) is 4.68 Å². The van der Waals surface area contributed by atoms with Crippen LogP contribution in [0.4, 0.5) is 0 Å². The first-order valence-corrected chi connectivity index (χ1v) is 8.46. The van der Waals surface area contributed by atoms with Gasteiger partial charge in [0.2, 0.25) is 5.91 Å². The molecule has 27 heavy (non-hydrogen) atoms. The third-order valence-electron chi connectivity index (χ3n) is 3.96. The van der Waals surface area contributed by atoms with E-state index in [1.165, 1.54) is 6.08 Å². The molecule has 0 atom stereocenters. The summed E-state index contributed by atoms with van der Waals surface area (Å²) in [6.45, 7) is 0.405. The highest BCUT2D eigenvalue weighted by Crippen LogP contribution is 2.27. The van der Waals surface area contributed by atoms with Crippen molar-refractivity contribution in [1.82, 2.24) is 15.1 Å². The number of para-hydroxylation sites is 1. The minimum atomic E-state index is -0.183. The summed E-state index contributed by atoms with van der Waals surface area (Å²) in [5.41, 5.74) is 2.75. The summed E-state index contributed by atoms with van der Waals surface area (Å²) < 4.78 is 12.2. The molecule has 1 heterocycles. The molecule has 0 saturated carbocycles. The number of amides is 1. The Bertz CT molecular complexity index is 933. The Morgan fingerprint density at radius 3 is 2.63 bits per heavy atom. The molecule has 2 aromatic carbocycles. The number of hydrogen-bond acceptors (Lipinski definition) is 4. The van der Waals surface area contributed by atoms with Gasteiger partial charge in [-0.15, -0.1) is 0 Å². The molecular formula is C21H21N3O3. The molecule has 1 N–H and O–H groups in total. The number of rotatable bonds is 7. The normalized spacial score (nSPS) is 10.7. The monoisotopic (exact) mass is 363 g/mol. The number of nitrogens with zero attached hydrogens (tertiary/aromatic N) is 2. The maximum Gasteiger partial charge on any atom is 0.244 e. The van der Waals surface area contributed by atoms with Crippen LogP contribution >= 0.6 is 0 Å². The first-order chi connectivity index (χ1) is 13.2. The Morgan fingerprint density at radius 1 is 1.11 bits per heavy atom. The zero-order valence-electron chi connectivity index (χ0n) is 15.3. The lowest BCUT2D eigenvalue weighted by atomic mass is 10.2. The predicted octanol–water partition coefficient (Wildman–Crippen LogP) is 3.22. The average Bonchev–Trinajstić information content (AvgIpc) is 3.20. The molecule has 0 aliphatic rings. The first kappa shape index (κ1) is 18.3. The summed E-state index contributed by atoms with van der Waals surface area (Å²) in [5.74, 6) is 1.08. The van der Waals surface area contributed by atoms with Crippen LogP contribution in [0.1, 0.15) is 11.1 Å². The maximum absolute atomic E-state index is 12.1. The predicted molar refractivity (Wildman–Crippen MR) is 104 cm³/mol. The standard InChI is InChI=1S/C21H21N3O3/c1-26-19-10-8-16(12-20(19)27-2)9-11-21(25)22-13-17-14-23-24(15-17)18-6-4-3-5-7-18/h3-12,14-15H,13H2,1-2H3,(H,22,25)/b11-9+. The third kappa shape index (κ3) is 4.76. The van der Waals surface area contributed by atoms with Crippen molar-refractivity contribution >= 4 is 12.0 Å². The highest BCUT2D eigenvalue weighted by molar-refractivity contribution is 5.91. The molecule has 1 amide bonds. The Balaban J connectivity index is 1.57. The molecule has 0 fully saturated rings. The summed E-state index contributed by atoms with van der Waals surface area (Å²) in [6.07, 6.45) is 6.85. The van der Waals surface area contributed by atoms with Gasteiger partial charge in [-0.1, -0.05) is 24.3 Å². The number of carbonyl (C=O) groups excluding carboxylic acids is 1. The molecule has 1 aromatic heterocycles. The van der Waals surface area contributed by atoms with Gasteiger partial charge in [0.1, 0.15) is 0 Å². The second kappa shape index (κ2) is 8.71. The van der Waals surface area contributed by atoms with E-state index in [9.17, 15) is 4.79 Å². The molecule has 0 aliphatic carbocycles. The topological polar surface area (TPSA) is 65.4 Å². The quantitative estimate of drug-likeness (QED) is 0.655. The summed E-state index contributed by atoms with van der Waals surface area (Å²) >= 11 is 0. The number of aromatic nitrogens is 2. The number of ether oxygens (including phenoxy) is 2. The van der Waals surface area contributed by atoms with Crippen LogP contribution in [0.15, 0.2) is 67.0 Å². The van der Waals surface area contributed by atoms with Crippen molar-refractivity contribution < 1.29 is 14.3 Å². The fourth-order valence-electron chi connectivity index (χ4n) is 2.55. The Labute approximate surface area is 158 Å². The molecule has 0 aliphatic heterocycles. The molecule has 0 spiro atoms. The van der Waals surface area contributed by atoms with Crippen LogP contribution in [0.2, 0.25) is 0 Å². The summed E-state index contributed by atoms with van der Waals surface area (Å²) in [4.78, 5) is 12.1. The Hall–Kier alpha value is -3.54. The van der Waals surface area contributed by atoms with E-state index in [1.54, 1.807) is 37.2 Å². The van der Waals surface area contributed by atoms with Crippen molar-refractivity contribution in [1.29, 1.82) is 0 Å². The van der Waals surface area contributed by atoms with E-state index in [4.69, 9.17) is 9.47 Å². The second-order valence-corrected chi connectivity index (χ2v) is 5.79. The van der Waals surface area contributed by atoms with E-state index >= 15 is 0 Å². The summed E-state index contributed by atoms with van der Waals surface area (Å²) in [7, 11) is 3.16. The molecule has 3 rings (SSSR count). The van der Waals surface area contributed by atoms with Crippen molar-refractivity contribution in [3.63, 3.8) is 0 Å². The van der Waals surface area contributed by atoms with Crippen LogP contribution in [0.25, 0.3) is 11.8 Å². The van der Waals surface area contributed by atoms with Crippen LogP contribution in [0, 0.1) is 0 Å². The van der Waals surface area contributed by atoms with Gasteiger partial charge in [-0.3, -0.25) is 4.79 Å². The summed E-state index contributed by atoms with van der Waals surface area (Å²) in [5, 5.41) is 7.17. The zero-order chi connectivity index (χ0) is 19.1.